The van der Waals surface area contributed by atoms with E-state index in [2.05, 4.69) is 39.6 Å². The van der Waals surface area contributed by atoms with E-state index in [0.29, 0.717) is 12.1 Å². The summed E-state index contributed by atoms with van der Waals surface area (Å²) in [6.07, 6.45) is 5.61. The Morgan fingerprint density at radius 3 is 2.71 bits per heavy atom. The van der Waals surface area contributed by atoms with E-state index in [9.17, 15) is 0 Å². The van der Waals surface area contributed by atoms with Crippen molar-refractivity contribution < 1.29 is 0 Å². The lowest BCUT2D eigenvalue weighted by Crippen LogP contribution is -2.53. The normalized spacial score (nSPS) is 27.4. The number of nitrogens with one attached hydrogen (secondary N) is 1. The average Bonchev–Trinajstić information content (AvgIpc) is 2.90. The summed E-state index contributed by atoms with van der Waals surface area (Å²) in [6.45, 7) is 9.61. The molecule has 0 spiro atoms. The largest absolute Gasteiger partial charge is 0.314 e. The lowest BCUT2D eigenvalue weighted by molar-refractivity contribution is 0.0870. The van der Waals surface area contributed by atoms with Gasteiger partial charge in [-0.1, -0.05) is 18.9 Å². The molecule has 1 aromatic rings. The van der Waals surface area contributed by atoms with Crippen LogP contribution in [0.4, 0.5) is 0 Å². The minimum atomic E-state index is 0.584. The van der Waals surface area contributed by atoms with Crippen molar-refractivity contribution in [2.75, 3.05) is 39.3 Å². The Bertz CT molecular complexity index is 398. The van der Waals surface area contributed by atoms with Gasteiger partial charge in [-0.25, -0.2) is 0 Å². The van der Waals surface area contributed by atoms with Crippen molar-refractivity contribution in [2.45, 2.75) is 44.7 Å². The van der Waals surface area contributed by atoms with Gasteiger partial charge >= 0.3 is 0 Å². The Kier molecular flexibility index (Phi) is 5.69. The third-order valence-corrected chi connectivity index (χ3v) is 5.93. The molecule has 4 heteroatoms. The number of thiophene rings is 1. The number of piperazine rings is 1. The molecule has 0 amide bonds. The van der Waals surface area contributed by atoms with Gasteiger partial charge in [0.25, 0.3) is 0 Å². The summed E-state index contributed by atoms with van der Waals surface area (Å²) >= 11 is 1.93. The van der Waals surface area contributed by atoms with Crippen LogP contribution in [0.25, 0.3) is 0 Å². The van der Waals surface area contributed by atoms with E-state index in [1.807, 2.05) is 11.3 Å². The van der Waals surface area contributed by atoms with Crippen LogP contribution in [-0.2, 0) is 0 Å². The molecule has 3 heterocycles. The van der Waals surface area contributed by atoms with E-state index in [1.54, 1.807) is 4.88 Å². The first kappa shape index (κ1) is 15.5. The van der Waals surface area contributed by atoms with E-state index in [-0.39, 0.29) is 0 Å². The summed E-state index contributed by atoms with van der Waals surface area (Å²) in [7, 11) is 0. The van der Waals surface area contributed by atoms with Gasteiger partial charge in [-0.2, -0.15) is 0 Å². The van der Waals surface area contributed by atoms with Crippen LogP contribution >= 0.6 is 11.3 Å². The first-order chi connectivity index (χ1) is 10.3. The van der Waals surface area contributed by atoms with E-state index in [4.69, 9.17) is 0 Å². The number of rotatable bonds is 4. The number of nitrogens with zero attached hydrogens (tertiary/aromatic N) is 2. The maximum absolute atomic E-state index is 3.53. The molecule has 3 rings (SSSR count). The maximum atomic E-state index is 3.53. The summed E-state index contributed by atoms with van der Waals surface area (Å²) < 4.78 is 0. The van der Waals surface area contributed by atoms with Crippen molar-refractivity contribution in [3.8, 4) is 0 Å². The molecule has 2 aliphatic rings. The predicted molar refractivity (Wildman–Crippen MR) is 91.0 cm³/mol. The first-order valence-corrected chi connectivity index (χ1v) is 9.45. The Labute approximate surface area is 133 Å². The minimum Gasteiger partial charge on any atom is -0.314 e. The summed E-state index contributed by atoms with van der Waals surface area (Å²) in [5.74, 6) is 0. The first-order valence-electron chi connectivity index (χ1n) is 8.57. The van der Waals surface area contributed by atoms with Crippen molar-refractivity contribution in [2.24, 2.45) is 0 Å². The second-order valence-electron chi connectivity index (χ2n) is 6.54. The zero-order chi connectivity index (χ0) is 14.5. The molecule has 1 aromatic heterocycles. The summed E-state index contributed by atoms with van der Waals surface area (Å²) in [5, 5.41) is 5.76. The van der Waals surface area contributed by atoms with E-state index < -0.39 is 0 Å². The second-order valence-corrected chi connectivity index (χ2v) is 7.52. The Morgan fingerprint density at radius 2 is 2.05 bits per heavy atom. The molecule has 118 valence electrons. The second kappa shape index (κ2) is 7.73. The van der Waals surface area contributed by atoms with Gasteiger partial charge in [-0.3, -0.25) is 4.90 Å². The molecule has 3 nitrogen and oxygen atoms in total. The highest BCUT2D eigenvalue weighted by Crippen LogP contribution is 2.29. The van der Waals surface area contributed by atoms with Crippen LogP contribution in [0.5, 0.6) is 0 Å². The van der Waals surface area contributed by atoms with Crippen molar-refractivity contribution in [3.05, 3.63) is 22.4 Å². The Balaban J connectivity index is 1.72. The standard InChI is InChI=1S/C17H29N3S/c1-15-13-18-8-11-20(15)16(17-7-6-12-21-17)14-19-9-4-2-3-5-10-19/h6-7,12,15-16,18H,2-5,8-11,13-14H2,1H3. The number of likely N-dealkylation sites (tertiary alicyclic amines) is 1. The molecule has 2 fully saturated rings. The fraction of sp³-hybridized carbons (Fsp3) is 0.765. The van der Waals surface area contributed by atoms with Crippen LogP contribution in [0, 0.1) is 0 Å². The average molecular weight is 308 g/mol. The molecule has 1 N–H and O–H groups in total. The molecule has 0 radical (unpaired) electrons. The minimum absolute atomic E-state index is 0.584. The number of hydrogen-bond donors (Lipinski definition) is 1. The predicted octanol–water partition coefficient (Wildman–Crippen LogP) is 2.96. The van der Waals surface area contributed by atoms with Crippen molar-refractivity contribution >= 4 is 11.3 Å². The molecule has 2 aliphatic heterocycles. The van der Waals surface area contributed by atoms with Gasteiger partial charge in [0.15, 0.2) is 0 Å². The van der Waals surface area contributed by atoms with Crippen LogP contribution in [0.15, 0.2) is 17.5 Å². The molecule has 0 bridgehead atoms. The highest BCUT2D eigenvalue weighted by Gasteiger charge is 2.29. The molecule has 0 aliphatic carbocycles. The molecule has 21 heavy (non-hydrogen) atoms. The van der Waals surface area contributed by atoms with Gasteiger partial charge in [0.05, 0.1) is 6.04 Å². The molecule has 2 atom stereocenters. The van der Waals surface area contributed by atoms with E-state index in [0.717, 1.165) is 13.1 Å². The van der Waals surface area contributed by atoms with Crippen LogP contribution < -0.4 is 5.32 Å². The van der Waals surface area contributed by atoms with Gasteiger partial charge in [0.1, 0.15) is 0 Å². The number of hydrogen-bond acceptors (Lipinski definition) is 4. The summed E-state index contributed by atoms with van der Waals surface area (Å²) in [6, 6.07) is 5.77. The van der Waals surface area contributed by atoms with Gasteiger partial charge in [0, 0.05) is 37.1 Å². The van der Waals surface area contributed by atoms with Crippen LogP contribution in [-0.4, -0.2) is 55.1 Å². The fourth-order valence-corrected chi connectivity index (χ4v) is 4.56. The van der Waals surface area contributed by atoms with Gasteiger partial charge in [-0.05, 0) is 44.3 Å². The zero-order valence-electron chi connectivity index (χ0n) is 13.3. The maximum Gasteiger partial charge on any atom is 0.0572 e. The Morgan fingerprint density at radius 1 is 1.24 bits per heavy atom. The zero-order valence-corrected chi connectivity index (χ0v) is 14.1. The lowest BCUT2D eigenvalue weighted by atomic mass is 10.1. The van der Waals surface area contributed by atoms with Gasteiger partial charge in [0.2, 0.25) is 0 Å². The highest BCUT2D eigenvalue weighted by molar-refractivity contribution is 7.10. The molecule has 2 unspecified atom stereocenters. The Hall–Kier alpha value is -0.420. The third-order valence-electron chi connectivity index (χ3n) is 4.95. The smallest absolute Gasteiger partial charge is 0.0572 e. The highest BCUT2D eigenvalue weighted by atomic mass is 32.1. The van der Waals surface area contributed by atoms with Crippen molar-refractivity contribution in [1.29, 1.82) is 0 Å². The van der Waals surface area contributed by atoms with E-state index >= 15 is 0 Å². The van der Waals surface area contributed by atoms with Crippen LogP contribution in [0.2, 0.25) is 0 Å². The van der Waals surface area contributed by atoms with Crippen LogP contribution in [0.1, 0.15) is 43.5 Å². The van der Waals surface area contributed by atoms with Gasteiger partial charge in [-0.15, -0.1) is 11.3 Å². The molecular formula is C17H29N3S. The van der Waals surface area contributed by atoms with Crippen molar-refractivity contribution in [3.63, 3.8) is 0 Å². The lowest BCUT2D eigenvalue weighted by Gasteiger charge is -2.41. The SMILES string of the molecule is CC1CNCCN1C(CN1CCCCCC1)c1cccs1. The molecular weight excluding hydrogens is 278 g/mol. The third kappa shape index (κ3) is 4.07. The molecule has 0 saturated carbocycles. The summed E-state index contributed by atoms with van der Waals surface area (Å²) in [5.41, 5.74) is 0. The van der Waals surface area contributed by atoms with Gasteiger partial charge < -0.3 is 10.2 Å². The fourth-order valence-electron chi connectivity index (χ4n) is 3.72. The topological polar surface area (TPSA) is 18.5 Å². The van der Waals surface area contributed by atoms with Crippen molar-refractivity contribution in [1.82, 2.24) is 15.1 Å². The van der Waals surface area contributed by atoms with Crippen LogP contribution in [0.3, 0.4) is 0 Å². The molecule has 2 saturated heterocycles. The monoisotopic (exact) mass is 307 g/mol. The van der Waals surface area contributed by atoms with E-state index in [1.165, 1.54) is 51.9 Å². The quantitative estimate of drug-likeness (QED) is 0.922. The molecule has 0 aromatic carbocycles. The summed E-state index contributed by atoms with van der Waals surface area (Å²) in [4.78, 5) is 6.99.